The summed E-state index contributed by atoms with van der Waals surface area (Å²) in [6.45, 7) is 3.51. The molecule has 0 aromatic heterocycles. The molecule has 0 N–H and O–H groups in total. The van der Waals surface area contributed by atoms with Gasteiger partial charge in [-0.3, -0.25) is 0 Å². The van der Waals surface area contributed by atoms with Gasteiger partial charge in [0.25, 0.3) is 0 Å². The largest absolute Gasteiger partial charge is 0.207 e. The predicted molar refractivity (Wildman–Crippen MR) is 124 cm³/mol. The fourth-order valence-electron chi connectivity index (χ4n) is 3.40. The molecule has 0 aliphatic heterocycles. The maximum atomic E-state index is 13.9. The summed E-state index contributed by atoms with van der Waals surface area (Å²) in [5.74, 6) is -0.409. The molecular weight excluding hydrogens is 374 g/mol. The van der Waals surface area contributed by atoms with Gasteiger partial charge in [0, 0.05) is 0 Å². The predicted octanol–water partition coefficient (Wildman–Crippen LogP) is 8.08. The molecule has 0 amide bonds. The van der Waals surface area contributed by atoms with Crippen LogP contribution in [0.1, 0.15) is 33.4 Å². The van der Waals surface area contributed by atoms with Gasteiger partial charge in [0.2, 0.25) is 0 Å². The first kappa shape index (κ1) is 19.8. The van der Waals surface area contributed by atoms with Gasteiger partial charge in [-0.25, -0.2) is 8.78 Å². The van der Waals surface area contributed by atoms with Crippen LogP contribution in [0.4, 0.5) is 8.78 Å². The van der Waals surface area contributed by atoms with Gasteiger partial charge in [-0.1, -0.05) is 72.8 Å². The van der Waals surface area contributed by atoms with Crippen molar-refractivity contribution in [2.45, 2.75) is 13.8 Å². The summed E-state index contributed by atoms with van der Waals surface area (Å²) in [5, 5.41) is 2.24. The Kier molecular flexibility index (Phi) is 5.58. The molecule has 0 aliphatic rings. The zero-order chi connectivity index (χ0) is 21.1. The van der Waals surface area contributed by atoms with Crippen LogP contribution >= 0.6 is 0 Å². The summed E-state index contributed by atoms with van der Waals surface area (Å²) in [4.78, 5) is 0. The van der Waals surface area contributed by atoms with E-state index in [-0.39, 0.29) is 11.6 Å². The molecule has 0 nitrogen and oxygen atoms in total. The molecule has 0 saturated heterocycles. The Morgan fingerprint density at radius 1 is 0.567 bits per heavy atom. The van der Waals surface area contributed by atoms with Crippen LogP contribution in [0.15, 0.2) is 72.8 Å². The molecule has 0 radical (unpaired) electrons. The third-order valence-electron chi connectivity index (χ3n) is 5.23. The molecule has 0 bridgehead atoms. The number of rotatable bonds is 4. The lowest BCUT2D eigenvalue weighted by Gasteiger charge is -2.06. The molecule has 30 heavy (non-hydrogen) atoms. The SMILES string of the molecule is Cc1ccc(/C=C\c2cc(/C=C\c3ccc(C)c(F)c3)c3ccccc3c2)cc1F. The van der Waals surface area contributed by atoms with Gasteiger partial charge in [-0.2, -0.15) is 0 Å². The summed E-state index contributed by atoms with van der Waals surface area (Å²) in [7, 11) is 0. The molecule has 0 saturated carbocycles. The van der Waals surface area contributed by atoms with Crippen LogP contribution in [0.5, 0.6) is 0 Å². The topological polar surface area (TPSA) is 0 Å². The van der Waals surface area contributed by atoms with Crippen LogP contribution in [-0.4, -0.2) is 0 Å². The Balaban J connectivity index is 1.71. The Morgan fingerprint density at radius 3 is 1.77 bits per heavy atom. The van der Waals surface area contributed by atoms with Gasteiger partial charge in [0.05, 0.1) is 0 Å². The number of aryl methyl sites for hydroxylation is 2. The minimum atomic E-state index is -0.205. The van der Waals surface area contributed by atoms with Crippen molar-refractivity contribution in [3.05, 3.63) is 118 Å². The maximum Gasteiger partial charge on any atom is 0.126 e. The lowest BCUT2D eigenvalue weighted by molar-refractivity contribution is 0.618. The quantitative estimate of drug-likeness (QED) is 0.306. The van der Waals surface area contributed by atoms with E-state index >= 15 is 0 Å². The van der Waals surface area contributed by atoms with Crippen molar-refractivity contribution in [1.29, 1.82) is 0 Å². The summed E-state index contributed by atoms with van der Waals surface area (Å²) in [6, 6.07) is 22.8. The molecule has 0 heterocycles. The Labute approximate surface area is 175 Å². The van der Waals surface area contributed by atoms with E-state index < -0.39 is 0 Å². The molecule has 148 valence electrons. The molecule has 4 rings (SSSR count). The molecule has 0 fully saturated rings. The van der Waals surface area contributed by atoms with E-state index in [9.17, 15) is 8.78 Å². The average molecular weight is 396 g/mol. The van der Waals surface area contributed by atoms with Crippen molar-refractivity contribution >= 4 is 35.1 Å². The van der Waals surface area contributed by atoms with Gasteiger partial charge < -0.3 is 0 Å². The highest BCUT2D eigenvalue weighted by molar-refractivity contribution is 5.95. The summed E-state index contributed by atoms with van der Waals surface area (Å²) in [6.07, 6.45) is 7.83. The first-order valence-electron chi connectivity index (χ1n) is 9.91. The highest BCUT2D eigenvalue weighted by atomic mass is 19.1. The normalized spacial score (nSPS) is 11.7. The lowest BCUT2D eigenvalue weighted by atomic mass is 9.99. The van der Waals surface area contributed by atoms with E-state index in [2.05, 4.69) is 24.3 Å². The molecular formula is C28H22F2. The minimum Gasteiger partial charge on any atom is -0.207 e. The molecule has 4 aromatic rings. The zero-order valence-electron chi connectivity index (χ0n) is 17.0. The lowest BCUT2D eigenvalue weighted by Crippen LogP contribution is -1.85. The van der Waals surface area contributed by atoms with E-state index in [1.54, 1.807) is 38.1 Å². The number of hydrogen-bond donors (Lipinski definition) is 0. The minimum absolute atomic E-state index is 0.204. The second-order valence-corrected chi connectivity index (χ2v) is 7.52. The van der Waals surface area contributed by atoms with E-state index in [4.69, 9.17) is 0 Å². The van der Waals surface area contributed by atoms with Crippen molar-refractivity contribution in [2.75, 3.05) is 0 Å². The number of hydrogen-bond acceptors (Lipinski definition) is 0. The third kappa shape index (κ3) is 4.38. The third-order valence-corrected chi connectivity index (χ3v) is 5.23. The second kappa shape index (κ2) is 8.46. The first-order valence-corrected chi connectivity index (χ1v) is 9.91. The van der Waals surface area contributed by atoms with E-state index in [0.29, 0.717) is 11.1 Å². The molecule has 4 aromatic carbocycles. The zero-order valence-corrected chi connectivity index (χ0v) is 17.0. The number of benzene rings is 4. The van der Waals surface area contributed by atoms with E-state index in [0.717, 1.165) is 33.0 Å². The van der Waals surface area contributed by atoms with Crippen LogP contribution in [-0.2, 0) is 0 Å². The van der Waals surface area contributed by atoms with Crippen molar-refractivity contribution in [3.8, 4) is 0 Å². The van der Waals surface area contributed by atoms with E-state index in [1.807, 2.05) is 48.6 Å². The van der Waals surface area contributed by atoms with Crippen LogP contribution in [0.25, 0.3) is 35.1 Å². The maximum absolute atomic E-state index is 13.9. The average Bonchev–Trinajstić information content (AvgIpc) is 2.75. The molecule has 0 unspecified atom stereocenters. The summed E-state index contributed by atoms with van der Waals surface area (Å²) >= 11 is 0. The van der Waals surface area contributed by atoms with Gasteiger partial charge in [0.1, 0.15) is 11.6 Å². The first-order chi connectivity index (χ1) is 14.5. The summed E-state index contributed by atoms with van der Waals surface area (Å²) in [5.41, 5.74) is 4.97. The monoisotopic (exact) mass is 396 g/mol. The van der Waals surface area contributed by atoms with Crippen molar-refractivity contribution in [1.82, 2.24) is 0 Å². The smallest absolute Gasteiger partial charge is 0.126 e. The highest BCUT2D eigenvalue weighted by Crippen LogP contribution is 2.25. The van der Waals surface area contributed by atoms with E-state index in [1.165, 1.54) is 0 Å². The molecule has 0 atom stereocenters. The molecule has 0 aliphatic carbocycles. The Bertz CT molecular complexity index is 1280. The molecule has 2 heteroatoms. The van der Waals surface area contributed by atoms with Crippen molar-refractivity contribution in [2.24, 2.45) is 0 Å². The van der Waals surface area contributed by atoms with Gasteiger partial charge >= 0.3 is 0 Å². The fourth-order valence-corrected chi connectivity index (χ4v) is 3.40. The van der Waals surface area contributed by atoms with Crippen LogP contribution in [0.2, 0.25) is 0 Å². The Morgan fingerprint density at radius 2 is 1.13 bits per heavy atom. The number of fused-ring (bicyclic) bond motifs is 1. The van der Waals surface area contributed by atoms with Crippen molar-refractivity contribution in [3.63, 3.8) is 0 Å². The van der Waals surface area contributed by atoms with Crippen LogP contribution in [0, 0.1) is 25.5 Å². The van der Waals surface area contributed by atoms with Crippen molar-refractivity contribution < 1.29 is 8.78 Å². The van der Waals surface area contributed by atoms with Crippen LogP contribution < -0.4 is 0 Å². The molecule has 0 spiro atoms. The fraction of sp³-hybridized carbons (Fsp3) is 0.0714. The summed E-state index contributed by atoms with van der Waals surface area (Å²) < 4.78 is 27.7. The van der Waals surface area contributed by atoms with Crippen LogP contribution in [0.3, 0.4) is 0 Å². The second-order valence-electron chi connectivity index (χ2n) is 7.52. The standard InChI is InChI=1S/C28H22F2/c1-19-7-9-21(17-27(19)29)11-12-23-15-24-5-3-4-6-26(24)25(16-23)14-13-22-10-8-20(2)28(30)18-22/h3-18H,1-2H3/b12-11-,14-13-. The number of halogens is 2. The highest BCUT2D eigenvalue weighted by Gasteiger charge is 2.02. The van der Waals surface area contributed by atoms with Gasteiger partial charge in [0.15, 0.2) is 0 Å². The van der Waals surface area contributed by atoms with Gasteiger partial charge in [-0.15, -0.1) is 0 Å². The van der Waals surface area contributed by atoms with Gasteiger partial charge in [-0.05, 0) is 82.3 Å². The Hall–Kier alpha value is -3.52.